The smallest absolute Gasteiger partial charge is 0.148 e. The second-order valence-corrected chi connectivity index (χ2v) is 5.26. The number of nitrogens with one attached hydrogen (secondary N) is 1. The minimum atomic E-state index is 0.288. The lowest BCUT2D eigenvalue weighted by atomic mass is 10.1. The lowest BCUT2D eigenvalue weighted by Crippen LogP contribution is -2.26. The van der Waals surface area contributed by atoms with E-state index in [9.17, 15) is 0 Å². The Kier molecular flexibility index (Phi) is 4.05. The van der Waals surface area contributed by atoms with Crippen molar-refractivity contribution >= 4 is 5.82 Å². The Morgan fingerprint density at radius 1 is 1.59 bits per heavy atom. The van der Waals surface area contributed by atoms with Crippen LogP contribution in [0.15, 0.2) is 12.3 Å². The van der Waals surface area contributed by atoms with Crippen molar-refractivity contribution in [3.63, 3.8) is 0 Å². The molecule has 2 atom stereocenters. The average molecular weight is 237 g/mol. The SMILES string of the molecule is CC(C)CCn1ccc(N[C@H]2CCO[C@@H]2C)n1. The lowest BCUT2D eigenvalue weighted by molar-refractivity contribution is 0.121. The van der Waals surface area contributed by atoms with Crippen molar-refractivity contribution < 1.29 is 4.74 Å². The van der Waals surface area contributed by atoms with Gasteiger partial charge in [0.05, 0.1) is 12.1 Å². The second kappa shape index (κ2) is 5.54. The van der Waals surface area contributed by atoms with Crippen LogP contribution in [0.3, 0.4) is 0 Å². The third-order valence-electron chi connectivity index (χ3n) is 3.29. The minimum Gasteiger partial charge on any atom is -0.376 e. The van der Waals surface area contributed by atoms with Crippen LogP contribution in [0.25, 0.3) is 0 Å². The first kappa shape index (κ1) is 12.4. The summed E-state index contributed by atoms with van der Waals surface area (Å²) in [6.45, 7) is 8.43. The van der Waals surface area contributed by atoms with Crippen LogP contribution in [0.5, 0.6) is 0 Å². The van der Waals surface area contributed by atoms with E-state index in [1.165, 1.54) is 6.42 Å². The van der Waals surface area contributed by atoms with Gasteiger partial charge in [-0.2, -0.15) is 5.10 Å². The van der Waals surface area contributed by atoms with Crippen LogP contribution in [0, 0.1) is 5.92 Å². The summed E-state index contributed by atoms with van der Waals surface area (Å²) in [5, 5.41) is 7.97. The van der Waals surface area contributed by atoms with E-state index in [2.05, 4.69) is 31.2 Å². The molecular formula is C13H23N3O. The Labute approximate surface area is 103 Å². The predicted octanol–water partition coefficient (Wildman–Crippen LogP) is 2.52. The van der Waals surface area contributed by atoms with Crippen molar-refractivity contribution in [1.82, 2.24) is 9.78 Å². The first-order valence-corrected chi connectivity index (χ1v) is 6.56. The number of ether oxygens (including phenoxy) is 1. The number of rotatable bonds is 5. The Balaban J connectivity index is 1.85. The van der Waals surface area contributed by atoms with Gasteiger partial charge in [0.25, 0.3) is 0 Å². The van der Waals surface area contributed by atoms with E-state index in [0.717, 1.165) is 31.3 Å². The van der Waals surface area contributed by atoms with Gasteiger partial charge in [-0.05, 0) is 25.7 Å². The molecule has 0 aliphatic carbocycles. The van der Waals surface area contributed by atoms with Crippen LogP contribution < -0.4 is 5.32 Å². The fourth-order valence-corrected chi connectivity index (χ4v) is 2.06. The quantitative estimate of drug-likeness (QED) is 0.855. The first-order valence-electron chi connectivity index (χ1n) is 6.56. The zero-order valence-corrected chi connectivity index (χ0v) is 11.0. The summed E-state index contributed by atoms with van der Waals surface area (Å²) in [6, 6.07) is 2.45. The van der Waals surface area contributed by atoms with E-state index >= 15 is 0 Å². The van der Waals surface area contributed by atoms with Crippen molar-refractivity contribution in [2.24, 2.45) is 5.92 Å². The molecule has 0 aromatic carbocycles. The van der Waals surface area contributed by atoms with Crippen molar-refractivity contribution in [1.29, 1.82) is 0 Å². The van der Waals surface area contributed by atoms with Crippen LogP contribution >= 0.6 is 0 Å². The van der Waals surface area contributed by atoms with Gasteiger partial charge in [-0.25, -0.2) is 0 Å². The third-order valence-corrected chi connectivity index (χ3v) is 3.29. The fourth-order valence-electron chi connectivity index (χ4n) is 2.06. The summed E-state index contributed by atoms with van der Waals surface area (Å²) in [4.78, 5) is 0. The van der Waals surface area contributed by atoms with Gasteiger partial charge in [0.15, 0.2) is 0 Å². The number of nitrogens with zero attached hydrogens (tertiary/aromatic N) is 2. The number of hydrogen-bond donors (Lipinski definition) is 1. The Morgan fingerprint density at radius 2 is 2.41 bits per heavy atom. The minimum absolute atomic E-state index is 0.288. The Hall–Kier alpha value is -1.03. The summed E-state index contributed by atoms with van der Waals surface area (Å²) in [5.74, 6) is 1.69. The van der Waals surface area contributed by atoms with Gasteiger partial charge in [0.1, 0.15) is 5.82 Å². The van der Waals surface area contributed by atoms with Crippen molar-refractivity contribution in [2.75, 3.05) is 11.9 Å². The van der Waals surface area contributed by atoms with Gasteiger partial charge >= 0.3 is 0 Å². The summed E-state index contributed by atoms with van der Waals surface area (Å²) in [5.41, 5.74) is 0. The molecule has 96 valence electrons. The number of anilines is 1. The van der Waals surface area contributed by atoms with E-state index in [4.69, 9.17) is 4.74 Å². The van der Waals surface area contributed by atoms with Crippen LogP contribution in [-0.2, 0) is 11.3 Å². The second-order valence-electron chi connectivity index (χ2n) is 5.26. The third kappa shape index (κ3) is 3.46. The van der Waals surface area contributed by atoms with E-state index in [1.54, 1.807) is 0 Å². The molecule has 4 heteroatoms. The molecule has 1 fully saturated rings. The van der Waals surface area contributed by atoms with Crippen LogP contribution in [0.1, 0.15) is 33.6 Å². The van der Waals surface area contributed by atoms with Crippen molar-refractivity contribution in [2.45, 2.75) is 52.3 Å². The summed E-state index contributed by atoms with van der Waals surface area (Å²) >= 11 is 0. The normalized spacial score (nSPS) is 24.5. The van der Waals surface area contributed by atoms with Gasteiger partial charge in [-0.1, -0.05) is 13.8 Å². The molecule has 0 unspecified atom stereocenters. The van der Waals surface area contributed by atoms with E-state index in [0.29, 0.717) is 6.04 Å². The van der Waals surface area contributed by atoms with Gasteiger partial charge in [0, 0.05) is 25.4 Å². The molecule has 17 heavy (non-hydrogen) atoms. The van der Waals surface area contributed by atoms with Crippen LogP contribution in [0.4, 0.5) is 5.82 Å². The monoisotopic (exact) mass is 237 g/mol. The molecule has 1 aliphatic heterocycles. The standard InChI is InChI=1S/C13H23N3O/c1-10(2)4-7-16-8-5-13(15-16)14-12-6-9-17-11(12)3/h5,8,10-12H,4,6-7,9H2,1-3H3,(H,14,15)/t11-,12+/m1/s1. The largest absolute Gasteiger partial charge is 0.376 e. The molecule has 1 saturated heterocycles. The summed E-state index contributed by atoms with van der Waals surface area (Å²) in [7, 11) is 0. The molecule has 1 N–H and O–H groups in total. The number of hydrogen-bond acceptors (Lipinski definition) is 3. The van der Waals surface area contributed by atoms with E-state index in [1.807, 2.05) is 16.9 Å². The highest BCUT2D eigenvalue weighted by molar-refractivity contribution is 5.34. The molecule has 0 saturated carbocycles. The number of aromatic nitrogens is 2. The molecule has 0 bridgehead atoms. The Morgan fingerprint density at radius 3 is 3.06 bits per heavy atom. The van der Waals surface area contributed by atoms with Crippen molar-refractivity contribution in [3.05, 3.63) is 12.3 Å². The predicted molar refractivity (Wildman–Crippen MR) is 69.1 cm³/mol. The number of aryl methyl sites for hydroxylation is 1. The molecular weight excluding hydrogens is 214 g/mol. The van der Waals surface area contributed by atoms with E-state index < -0.39 is 0 Å². The van der Waals surface area contributed by atoms with Gasteiger partial charge in [-0.3, -0.25) is 4.68 Å². The highest BCUT2D eigenvalue weighted by atomic mass is 16.5. The molecule has 1 aromatic rings. The average Bonchev–Trinajstić information content (AvgIpc) is 2.87. The molecule has 0 spiro atoms. The van der Waals surface area contributed by atoms with Crippen molar-refractivity contribution in [3.8, 4) is 0 Å². The maximum Gasteiger partial charge on any atom is 0.148 e. The van der Waals surface area contributed by atoms with Crippen LogP contribution in [-0.4, -0.2) is 28.5 Å². The zero-order valence-electron chi connectivity index (χ0n) is 11.0. The van der Waals surface area contributed by atoms with Gasteiger partial charge < -0.3 is 10.1 Å². The molecule has 4 nitrogen and oxygen atoms in total. The maximum absolute atomic E-state index is 5.53. The van der Waals surface area contributed by atoms with Gasteiger partial charge in [-0.15, -0.1) is 0 Å². The highest BCUT2D eigenvalue weighted by Crippen LogP contribution is 2.17. The first-order chi connectivity index (χ1) is 8.15. The molecule has 1 aromatic heterocycles. The molecule has 0 amide bonds. The summed E-state index contributed by atoms with van der Waals surface area (Å²) in [6.07, 6.45) is 4.57. The summed E-state index contributed by atoms with van der Waals surface area (Å²) < 4.78 is 7.54. The molecule has 2 heterocycles. The lowest BCUT2D eigenvalue weighted by Gasteiger charge is -2.15. The highest BCUT2D eigenvalue weighted by Gasteiger charge is 2.24. The zero-order chi connectivity index (χ0) is 12.3. The van der Waals surface area contributed by atoms with Gasteiger partial charge in [0.2, 0.25) is 0 Å². The molecule has 0 radical (unpaired) electrons. The fraction of sp³-hybridized carbons (Fsp3) is 0.769. The van der Waals surface area contributed by atoms with E-state index in [-0.39, 0.29) is 6.10 Å². The molecule has 1 aliphatic rings. The van der Waals surface area contributed by atoms with Crippen LogP contribution in [0.2, 0.25) is 0 Å². The maximum atomic E-state index is 5.53. The Bertz CT molecular complexity index is 348. The molecule has 2 rings (SSSR count). The topological polar surface area (TPSA) is 39.1 Å².